The van der Waals surface area contributed by atoms with Crippen molar-refractivity contribution in [2.45, 2.75) is 12.8 Å². The minimum absolute atomic E-state index is 0.00983. The van der Waals surface area contributed by atoms with Crippen LogP contribution in [-0.2, 0) is 20.9 Å². The molecule has 0 bridgehead atoms. The number of aromatic nitrogens is 4. The predicted octanol–water partition coefficient (Wildman–Crippen LogP) is 3.12. The van der Waals surface area contributed by atoms with E-state index in [2.05, 4.69) is 15.0 Å². The number of carbonyl (C=O) groups excluding carboxylic acids is 2. The van der Waals surface area contributed by atoms with Crippen molar-refractivity contribution in [1.82, 2.24) is 19.5 Å². The first kappa shape index (κ1) is 23.1. The summed E-state index contributed by atoms with van der Waals surface area (Å²) in [4.78, 5) is 36.9. The van der Waals surface area contributed by atoms with Crippen LogP contribution in [0.1, 0.15) is 20.7 Å². The molecule has 4 aromatic rings. The Morgan fingerprint density at radius 2 is 1.47 bits per heavy atom. The van der Waals surface area contributed by atoms with Crippen molar-refractivity contribution in [2.24, 2.45) is 0 Å². The van der Waals surface area contributed by atoms with Gasteiger partial charge in [0, 0.05) is 0 Å². The van der Waals surface area contributed by atoms with Crippen molar-refractivity contribution in [3.05, 3.63) is 83.3 Å². The summed E-state index contributed by atoms with van der Waals surface area (Å²) in [7, 11) is 0. The maximum Gasteiger partial charge on any atom is 0.338 e. The van der Waals surface area contributed by atoms with Gasteiger partial charge in [-0.05, 0) is 24.3 Å². The maximum absolute atomic E-state index is 12.3. The summed E-state index contributed by atoms with van der Waals surface area (Å²) in [6, 6.07) is 17.1. The van der Waals surface area contributed by atoms with Crippen LogP contribution < -0.4 is 5.73 Å². The molecule has 174 valence electrons. The summed E-state index contributed by atoms with van der Waals surface area (Å²) in [6.45, 7) is -0.347. The van der Waals surface area contributed by atoms with Crippen LogP contribution in [0.5, 0.6) is 0 Å². The minimum Gasteiger partial charge on any atom is -0.459 e. The Morgan fingerprint density at radius 3 is 2.03 bits per heavy atom. The van der Waals surface area contributed by atoms with Gasteiger partial charge < -0.3 is 19.9 Å². The first-order chi connectivity index (χ1) is 16.5. The number of rotatable bonds is 9. The Morgan fingerprint density at radius 1 is 0.912 bits per heavy atom. The van der Waals surface area contributed by atoms with Gasteiger partial charge >= 0.3 is 11.9 Å². The van der Waals surface area contributed by atoms with E-state index in [1.807, 2.05) is 0 Å². The number of ether oxygens (including phenoxy) is 3. The number of carbonyl (C=O) groups is 2. The van der Waals surface area contributed by atoms with Crippen LogP contribution in [0.15, 0.2) is 67.0 Å². The fraction of sp³-hybridized carbons (Fsp3) is 0.174. The second kappa shape index (κ2) is 10.7. The molecule has 0 atom stereocenters. The summed E-state index contributed by atoms with van der Waals surface area (Å²) in [6.07, 6.45) is 0.695. The monoisotopic (exact) mass is 481 g/mol. The predicted molar refractivity (Wildman–Crippen MR) is 123 cm³/mol. The standard InChI is InChI=1S/C23H20ClN5O5/c24-19-18-20(28-23(25)27-19)29(13-26-18)14-34-17(11-32-21(30)15-7-3-1-4-8-15)12-33-22(31)16-9-5-2-6-10-16/h1-10,13,17H,11-12,14H2,(H2,25,27,28). The average Bonchev–Trinajstić information content (AvgIpc) is 3.27. The number of anilines is 1. The Labute approximate surface area is 199 Å². The molecule has 2 aromatic carbocycles. The van der Waals surface area contributed by atoms with E-state index in [9.17, 15) is 9.59 Å². The molecule has 11 heteroatoms. The number of halogens is 1. The van der Waals surface area contributed by atoms with Gasteiger partial charge in [0.15, 0.2) is 10.8 Å². The van der Waals surface area contributed by atoms with Gasteiger partial charge in [0.25, 0.3) is 0 Å². The van der Waals surface area contributed by atoms with E-state index in [0.29, 0.717) is 22.3 Å². The summed E-state index contributed by atoms with van der Waals surface area (Å²) in [5.41, 5.74) is 7.20. The molecule has 2 aromatic heterocycles. The van der Waals surface area contributed by atoms with E-state index in [0.717, 1.165) is 0 Å². The number of nitrogens with two attached hydrogens (primary N) is 1. The molecule has 0 unspecified atom stereocenters. The Bertz CT molecular complexity index is 1230. The maximum atomic E-state index is 12.3. The lowest BCUT2D eigenvalue weighted by molar-refractivity contribution is -0.0616. The summed E-state index contributed by atoms with van der Waals surface area (Å²) < 4.78 is 18.2. The van der Waals surface area contributed by atoms with Crippen LogP contribution in [0.3, 0.4) is 0 Å². The van der Waals surface area contributed by atoms with Crippen LogP contribution in [0.4, 0.5) is 5.95 Å². The van der Waals surface area contributed by atoms with Gasteiger partial charge in [0.1, 0.15) is 31.6 Å². The molecular weight excluding hydrogens is 462 g/mol. The first-order valence-corrected chi connectivity index (χ1v) is 10.6. The van der Waals surface area contributed by atoms with Crippen molar-refractivity contribution in [2.75, 3.05) is 18.9 Å². The number of hydrogen-bond acceptors (Lipinski definition) is 9. The largest absolute Gasteiger partial charge is 0.459 e. The lowest BCUT2D eigenvalue weighted by Gasteiger charge is -2.18. The Kier molecular flexibility index (Phi) is 7.31. The molecule has 0 fully saturated rings. The van der Waals surface area contributed by atoms with Gasteiger partial charge in [0.2, 0.25) is 5.95 Å². The summed E-state index contributed by atoms with van der Waals surface area (Å²) in [5, 5.41) is 0.117. The molecule has 0 aliphatic rings. The average molecular weight is 482 g/mol. The van der Waals surface area contributed by atoms with E-state index >= 15 is 0 Å². The molecule has 0 amide bonds. The SMILES string of the molecule is Nc1nc(Cl)c2ncn(COC(COC(=O)c3ccccc3)COC(=O)c3ccccc3)c2n1. The molecule has 0 spiro atoms. The fourth-order valence-corrected chi connectivity index (χ4v) is 3.22. The fourth-order valence-electron chi connectivity index (χ4n) is 3.00. The highest BCUT2D eigenvalue weighted by Crippen LogP contribution is 2.19. The zero-order valence-corrected chi connectivity index (χ0v) is 18.6. The van der Waals surface area contributed by atoms with Crippen molar-refractivity contribution in [3.63, 3.8) is 0 Å². The zero-order valence-electron chi connectivity index (χ0n) is 17.8. The third kappa shape index (κ3) is 5.66. The minimum atomic E-state index is -0.771. The summed E-state index contributed by atoms with van der Waals surface area (Å²) >= 11 is 6.06. The molecule has 0 saturated heterocycles. The Balaban J connectivity index is 1.44. The van der Waals surface area contributed by atoms with Gasteiger partial charge in [-0.25, -0.2) is 14.6 Å². The number of esters is 2. The van der Waals surface area contributed by atoms with Gasteiger partial charge in [-0.1, -0.05) is 48.0 Å². The number of benzene rings is 2. The molecule has 0 saturated carbocycles. The Hall–Kier alpha value is -4.02. The quantitative estimate of drug-likeness (QED) is 0.283. The van der Waals surface area contributed by atoms with Crippen molar-refractivity contribution in [1.29, 1.82) is 0 Å². The highest BCUT2D eigenvalue weighted by molar-refractivity contribution is 6.33. The number of nitrogens with zero attached hydrogens (tertiary/aromatic N) is 4. The van der Waals surface area contributed by atoms with E-state index in [1.165, 1.54) is 6.33 Å². The van der Waals surface area contributed by atoms with Crippen molar-refractivity contribution < 1.29 is 23.8 Å². The van der Waals surface area contributed by atoms with Crippen LogP contribution in [0, 0.1) is 0 Å². The molecule has 0 aliphatic carbocycles. The molecule has 4 rings (SSSR count). The number of fused-ring (bicyclic) bond motifs is 1. The van der Waals surface area contributed by atoms with Crippen molar-refractivity contribution >= 4 is 40.7 Å². The number of nitrogen functional groups attached to an aromatic ring is 1. The van der Waals surface area contributed by atoms with E-state index in [1.54, 1.807) is 65.2 Å². The second-order valence-corrected chi connectivity index (χ2v) is 7.46. The van der Waals surface area contributed by atoms with Crippen LogP contribution in [-0.4, -0.2) is 50.8 Å². The number of imidazole rings is 1. The molecule has 0 radical (unpaired) electrons. The molecule has 34 heavy (non-hydrogen) atoms. The van der Waals surface area contributed by atoms with E-state index in [-0.39, 0.29) is 31.0 Å². The topological polar surface area (TPSA) is 131 Å². The number of hydrogen-bond donors (Lipinski definition) is 1. The lowest BCUT2D eigenvalue weighted by Crippen LogP contribution is -2.29. The van der Waals surface area contributed by atoms with Gasteiger partial charge in [-0.2, -0.15) is 9.97 Å². The smallest absolute Gasteiger partial charge is 0.338 e. The molecule has 2 N–H and O–H groups in total. The molecule has 2 heterocycles. The highest BCUT2D eigenvalue weighted by Gasteiger charge is 2.19. The van der Waals surface area contributed by atoms with Crippen LogP contribution in [0.25, 0.3) is 11.2 Å². The van der Waals surface area contributed by atoms with E-state index in [4.69, 9.17) is 31.5 Å². The first-order valence-electron chi connectivity index (χ1n) is 10.2. The molecule has 10 nitrogen and oxygen atoms in total. The highest BCUT2D eigenvalue weighted by atomic mass is 35.5. The van der Waals surface area contributed by atoms with Gasteiger partial charge in [-0.3, -0.25) is 4.57 Å². The summed E-state index contributed by atoms with van der Waals surface area (Å²) in [5.74, 6) is -1.06. The second-order valence-electron chi connectivity index (χ2n) is 7.11. The van der Waals surface area contributed by atoms with E-state index < -0.39 is 18.0 Å². The lowest BCUT2D eigenvalue weighted by atomic mass is 10.2. The van der Waals surface area contributed by atoms with Crippen LogP contribution >= 0.6 is 11.6 Å². The van der Waals surface area contributed by atoms with Gasteiger partial charge in [0.05, 0.1) is 17.5 Å². The van der Waals surface area contributed by atoms with Crippen molar-refractivity contribution in [3.8, 4) is 0 Å². The zero-order chi connectivity index (χ0) is 23.9. The van der Waals surface area contributed by atoms with Crippen LogP contribution in [0.2, 0.25) is 5.15 Å². The normalized spacial score (nSPS) is 11.0. The van der Waals surface area contributed by atoms with Gasteiger partial charge in [-0.15, -0.1) is 0 Å². The third-order valence-electron chi connectivity index (χ3n) is 4.71. The third-order valence-corrected chi connectivity index (χ3v) is 4.97. The molecule has 0 aliphatic heterocycles. The molecular formula is C23H20ClN5O5.